The average molecular weight is 305 g/mol. The molecule has 0 N–H and O–H groups in total. The Labute approximate surface area is 128 Å². The van der Waals surface area contributed by atoms with Gasteiger partial charge in [0.2, 0.25) is 5.91 Å². The summed E-state index contributed by atoms with van der Waals surface area (Å²) in [6, 6.07) is 2.04. The molecular formula is C14H19N5OS. The van der Waals surface area contributed by atoms with Crippen LogP contribution in [0.3, 0.4) is 0 Å². The summed E-state index contributed by atoms with van der Waals surface area (Å²) in [5.41, 5.74) is 0. The summed E-state index contributed by atoms with van der Waals surface area (Å²) >= 11 is 1.39. The second-order valence-corrected chi connectivity index (χ2v) is 5.97. The summed E-state index contributed by atoms with van der Waals surface area (Å²) < 4.78 is 2.04. The Morgan fingerprint density at radius 2 is 2.38 bits per heavy atom. The van der Waals surface area contributed by atoms with Gasteiger partial charge in [-0.25, -0.2) is 0 Å². The third-order valence-corrected chi connectivity index (χ3v) is 4.26. The normalized spacial score (nSPS) is 13.7. The van der Waals surface area contributed by atoms with E-state index in [0.717, 1.165) is 23.8 Å². The maximum absolute atomic E-state index is 12.0. The van der Waals surface area contributed by atoms with E-state index < -0.39 is 0 Å². The molecule has 112 valence electrons. The molecule has 0 bridgehead atoms. The van der Waals surface area contributed by atoms with Crippen molar-refractivity contribution in [2.75, 3.05) is 19.3 Å². The zero-order valence-corrected chi connectivity index (χ0v) is 13.0. The first-order valence-electron chi connectivity index (χ1n) is 6.95. The molecule has 7 heteroatoms. The third kappa shape index (κ3) is 4.08. The second-order valence-electron chi connectivity index (χ2n) is 5.03. The molecular weight excluding hydrogens is 286 g/mol. The summed E-state index contributed by atoms with van der Waals surface area (Å²) in [6.07, 6.45) is 4.50. The molecule has 0 saturated heterocycles. The molecule has 6 nitrogen and oxygen atoms in total. The summed E-state index contributed by atoms with van der Waals surface area (Å²) in [7, 11) is 1.71. The fraction of sp³-hybridized carbons (Fsp3) is 0.571. The lowest BCUT2D eigenvalue weighted by molar-refractivity contribution is -0.127. The van der Waals surface area contributed by atoms with E-state index in [1.54, 1.807) is 11.9 Å². The predicted molar refractivity (Wildman–Crippen MR) is 80.8 cm³/mol. The van der Waals surface area contributed by atoms with Crippen LogP contribution in [-0.2, 0) is 11.3 Å². The smallest absolute Gasteiger partial charge is 0.232 e. The van der Waals surface area contributed by atoms with Crippen molar-refractivity contribution in [3.05, 3.63) is 18.5 Å². The molecule has 0 aromatic carbocycles. The van der Waals surface area contributed by atoms with Gasteiger partial charge in [0, 0.05) is 26.1 Å². The van der Waals surface area contributed by atoms with Crippen LogP contribution in [0, 0.1) is 11.3 Å². The van der Waals surface area contributed by atoms with Crippen molar-refractivity contribution in [1.29, 1.82) is 5.26 Å². The highest BCUT2D eigenvalue weighted by molar-refractivity contribution is 7.99. The van der Waals surface area contributed by atoms with E-state index in [1.165, 1.54) is 11.8 Å². The lowest BCUT2D eigenvalue weighted by atomic mass is 10.4. The highest BCUT2D eigenvalue weighted by Gasteiger charge is 2.30. The van der Waals surface area contributed by atoms with Crippen LogP contribution in [0.25, 0.3) is 0 Å². The van der Waals surface area contributed by atoms with Crippen LogP contribution in [-0.4, -0.2) is 44.9 Å². The van der Waals surface area contributed by atoms with Gasteiger partial charge in [-0.05, 0) is 12.8 Å². The molecule has 1 amide bonds. The number of carbonyl (C=O) groups is 1. The van der Waals surface area contributed by atoms with Crippen LogP contribution >= 0.6 is 11.8 Å². The Morgan fingerprint density at radius 1 is 1.62 bits per heavy atom. The molecule has 0 radical (unpaired) electrons. The van der Waals surface area contributed by atoms with Gasteiger partial charge >= 0.3 is 0 Å². The first-order valence-corrected chi connectivity index (χ1v) is 7.93. The van der Waals surface area contributed by atoms with Crippen LogP contribution in [0.1, 0.15) is 31.0 Å². The average Bonchev–Trinajstić information content (AvgIpc) is 3.25. The molecule has 21 heavy (non-hydrogen) atoms. The highest BCUT2D eigenvalue weighted by atomic mass is 32.2. The lowest BCUT2D eigenvalue weighted by Gasteiger charge is -2.15. The Kier molecular flexibility index (Phi) is 5.39. The summed E-state index contributed by atoms with van der Waals surface area (Å²) in [5.74, 6) is 1.82. The maximum atomic E-state index is 12.0. The van der Waals surface area contributed by atoms with Gasteiger partial charge in [0.05, 0.1) is 18.2 Å². The zero-order valence-electron chi connectivity index (χ0n) is 12.2. The summed E-state index contributed by atoms with van der Waals surface area (Å²) in [5, 5.41) is 17.7. The standard InChI is InChI=1S/C14H19N5OS/c1-3-8-19-13(11-5-6-11)16-17-14(19)21-10-12(20)18(2)9-4-7-15/h3,11H,1,4-6,8-10H2,2H3. The molecule has 0 unspecified atom stereocenters. The first-order chi connectivity index (χ1) is 10.2. The van der Waals surface area contributed by atoms with Gasteiger partial charge < -0.3 is 9.47 Å². The molecule has 0 aliphatic heterocycles. The van der Waals surface area contributed by atoms with Crippen LogP contribution < -0.4 is 0 Å². The SMILES string of the molecule is C=CCn1c(SCC(=O)N(C)CCC#N)nnc1C1CC1. The number of amides is 1. The highest BCUT2D eigenvalue weighted by Crippen LogP contribution is 2.40. The van der Waals surface area contributed by atoms with Gasteiger partial charge in [0.25, 0.3) is 0 Å². The van der Waals surface area contributed by atoms with E-state index in [0.29, 0.717) is 31.2 Å². The fourth-order valence-electron chi connectivity index (χ4n) is 1.93. The number of nitrogens with zero attached hydrogens (tertiary/aromatic N) is 5. The van der Waals surface area contributed by atoms with Crippen LogP contribution in [0.5, 0.6) is 0 Å². The molecule has 1 aromatic heterocycles. The minimum Gasteiger partial charge on any atom is -0.344 e. The molecule has 1 saturated carbocycles. The number of rotatable bonds is 8. The molecule has 1 fully saturated rings. The Bertz CT molecular complexity index is 558. The maximum Gasteiger partial charge on any atom is 0.232 e. The molecule has 2 rings (SSSR count). The van der Waals surface area contributed by atoms with E-state index in [-0.39, 0.29) is 5.91 Å². The largest absolute Gasteiger partial charge is 0.344 e. The number of hydrogen-bond acceptors (Lipinski definition) is 5. The zero-order chi connectivity index (χ0) is 15.2. The molecule has 1 aliphatic rings. The van der Waals surface area contributed by atoms with Gasteiger partial charge in [-0.2, -0.15) is 5.26 Å². The van der Waals surface area contributed by atoms with Gasteiger partial charge in [0.15, 0.2) is 5.16 Å². The predicted octanol–water partition coefficient (Wildman–Crippen LogP) is 1.81. The van der Waals surface area contributed by atoms with Crippen molar-refractivity contribution in [2.45, 2.75) is 36.9 Å². The van der Waals surface area contributed by atoms with E-state index in [9.17, 15) is 4.79 Å². The van der Waals surface area contributed by atoms with E-state index in [2.05, 4.69) is 16.8 Å². The molecule has 1 aromatic rings. The Hall–Kier alpha value is -1.81. The van der Waals surface area contributed by atoms with Gasteiger partial charge in [-0.15, -0.1) is 16.8 Å². The van der Waals surface area contributed by atoms with E-state index >= 15 is 0 Å². The topological polar surface area (TPSA) is 74.8 Å². The van der Waals surface area contributed by atoms with Crippen LogP contribution in [0.2, 0.25) is 0 Å². The van der Waals surface area contributed by atoms with Crippen molar-refractivity contribution in [1.82, 2.24) is 19.7 Å². The minimum absolute atomic E-state index is 0.00336. The second kappa shape index (κ2) is 7.27. The van der Waals surface area contributed by atoms with Gasteiger partial charge in [-0.1, -0.05) is 17.8 Å². The fourth-order valence-corrected chi connectivity index (χ4v) is 2.83. The molecule has 1 aliphatic carbocycles. The molecule has 0 atom stereocenters. The van der Waals surface area contributed by atoms with Crippen LogP contribution in [0.4, 0.5) is 0 Å². The van der Waals surface area contributed by atoms with Crippen molar-refractivity contribution in [3.8, 4) is 6.07 Å². The van der Waals surface area contributed by atoms with Gasteiger partial charge in [-0.3, -0.25) is 4.79 Å². The van der Waals surface area contributed by atoms with Crippen molar-refractivity contribution in [3.63, 3.8) is 0 Å². The number of hydrogen-bond donors (Lipinski definition) is 0. The Morgan fingerprint density at radius 3 is 3.00 bits per heavy atom. The van der Waals surface area contributed by atoms with Crippen LogP contribution in [0.15, 0.2) is 17.8 Å². The third-order valence-electron chi connectivity index (χ3n) is 3.31. The Balaban J connectivity index is 1.95. The number of allylic oxidation sites excluding steroid dienone is 1. The number of carbonyl (C=O) groups excluding carboxylic acids is 1. The van der Waals surface area contributed by atoms with E-state index in [4.69, 9.17) is 5.26 Å². The minimum atomic E-state index is -0.00336. The molecule has 1 heterocycles. The number of aromatic nitrogens is 3. The van der Waals surface area contributed by atoms with Crippen molar-refractivity contribution < 1.29 is 4.79 Å². The summed E-state index contributed by atoms with van der Waals surface area (Å²) in [4.78, 5) is 13.5. The summed E-state index contributed by atoms with van der Waals surface area (Å²) in [6.45, 7) is 4.89. The first kappa shape index (κ1) is 15.6. The number of thioether (sulfide) groups is 1. The van der Waals surface area contributed by atoms with E-state index in [1.807, 2.05) is 16.7 Å². The van der Waals surface area contributed by atoms with Crippen molar-refractivity contribution in [2.24, 2.45) is 0 Å². The monoisotopic (exact) mass is 305 g/mol. The van der Waals surface area contributed by atoms with Crippen molar-refractivity contribution >= 4 is 17.7 Å². The molecule has 0 spiro atoms. The lowest BCUT2D eigenvalue weighted by Crippen LogP contribution is -2.29. The quantitative estimate of drug-likeness (QED) is 0.541. The van der Waals surface area contributed by atoms with Gasteiger partial charge in [0.1, 0.15) is 5.82 Å². The number of nitriles is 1.